The molecular formula is C31H43F2NO5. The Morgan fingerprint density at radius 1 is 1.00 bits per heavy atom. The number of unbranched alkanes of at least 4 members (excludes halogenated alkanes) is 2. The second kappa shape index (κ2) is 14.3. The molecule has 0 aliphatic carbocycles. The van der Waals surface area contributed by atoms with Gasteiger partial charge in [-0.3, -0.25) is 4.79 Å². The summed E-state index contributed by atoms with van der Waals surface area (Å²) in [7, 11) is 3.16. The van der Waals surface area contributed by atoms with Gasteiger partial charge in [-0.05, 0) is 47.9 Å². The topological polar surface area (TPSA) is 73.9 Å². The fourth-order valence-electron chi connectivity index (χ4n) is 4.69. The highest BCUT2D eigenvalue weighted by Gasteiger charge is 2.40. The molecule has 0 fully saturated rings. The van der Waals surface area contributed by atoms with Gasteiger partial charge in [0, 0.05) is 24.1 Å². The van der Waals surface area contributed by atoms with Gasteiger partial charge in [-0.15, -0.1) is 0 Å². The molecule has 39 heavy (non-hydrogen) atoms. The molecule has 8 heteroatoms. The lowest BCUT2D eigenvalue weighted by Crippen LogP contribution is -2.33. The summed E-state index contributed by atoms with van der Waals surface area (Å²) in [4.78, 5) is 25.2. The number of hydrogen-bond acceptors (Lipinski definition) is 5. The van der Waals surface area contributed by atoms with Gasteiger partial charge in [0.05, 0.1) is 20.8 Å². The van der Waals surface area contributed by atoms with Crippen LogP contribution in [0.25, 0.3) is 0 Å². The van der Waals surface area contributed by atoms with E-state index in [0.717, 1.165) is 36.8 Å². The molecule has 0 aromatic heterocycles. The van der Waals surface area contributed by atoms with Crippen molar-refractivity contribution in [3.63, 3.8) is 0 Å². The van der Waals surface area contributed by atoms with Gasteiger partial charge in [-0.1, -0.05) is 71.2 Å². The number of amides is 1. The van der Waals surface area contributed by atoms with Crippen molar-refractivity contribution >= 4 is 17.6 Å². The number of carbonyl (C=O) groups is 2. The standard InChI is InChI=1S/C31H43F2NO5/c1-8-10-11-13-22(23-14-12-15-26(37-6)28(23)38-7)19-27(35)34-25-18-21(16-17-24(25)30(3,4)5)20-31(32,33)29(36)39-9-2/h12,14-18,22H,8-11,13,19-20H2,1-7H3,(H,34,35). The number of hydrogen-bond donors (Lipinski definition) is 1. The normalized spacial score (nSPS) is 12.5. The average Bonchev–Trinajstić information content (AvgIpc) is 2.87. The zero-order valence-corrected chi connectivity index (χ0v) is 24.3. The Morgan fingerprint density at radius 2 is 1.72 bits per heavy atom. The number of halogens is 2. The van der Waals surface area contributed by atoms with Gasteiger partial charge in [0.2, 0.25) is 5.91 Å². The number of rotatable bonds is 14. The van der Waals surface area contributed by atoms with E-state index in [1.165, 1.54) is 13.0 Å². The number of nitrogens with one attached hydrogen (secondary N) is 1. The Morgan fingerprint density at radius 3 is 2.31 bits per heavy atom. The molecule has 6 nitrogen and oxygen atoms in total. The third-order valence-electron chi connectivity index (χ3n) is 6.63. The number of para-hydroxylation sites is 1. The first kappa shape index (κ1) is 32.1. The second-order valence-electron chi connectivity index (χ2n) is 10.8. The van der Waals surface area contributed by atoms with Crippen LogP contribution < -0.4 is 14.8 Å². The highest BCUT2D eigenvalue weighted by molar-refractivity contribution is 5.92. The summed E-state index contributed by atoms with van der Waals surface area (Å²) in [5, 5.41) is 2.98. The van der Waals surface area contributed by atoms with Crippen LogP contribution in [0.15, 0.2) is 36.4 Å². The van der Waals surface area contributed by atoms with Gasteiger partial charge >= 0.3 is 11.9 Å². The lowest BCUT2D eigenvalue weighted by molar-refractivity contribution is -0.171. The molecule has 216 valence electrons. The molecule has 2 aromatic carbocycles. The lowest BCUT2D eigenvalue weighted by atomic mass is 9.84. The fraction of sp³-hybridized carbons (Fsp3) is 0.548. The Labute approximate surface area is 231 Å². The zero-order chi connectivity index (χ0) is 29.2. The molecule has 0 aliphatic rings. The highest BCUT2D eigenvalue weighted by Crippen LogP contribution is 2.40. The van der Waals surface area contributed by atoms with Crippen LogP contribution >= 0.6 is 0 Å². The van der Waals surface area contributed by atoms with Crippen molar-refractivity contribution in [3.8, 4) is 11.5 Å². The molecule has 0 spiro atoms. The number of benzene rings is 2. The monoisotopic (exact) mass is 547 g/mol. The van der Waals surface area contributed by atoms with E-state index in [2.05, 4.69) is 17.0 Å². The summed E-state index contributed by atoms with van der Waals surface area (Å²) in [6, 6.07) is 10.5. The van der Waals surface area contributed by atoms with E-state index in [9.17, 15) is 18.4 Å². The average molecular weight is 548 g/mol. The highest BCUT2D eigenvalue weighted by atomic mass is 19.3. The van der Waals surface area contributed by atoms with E-state index in [-0.39, 0.29) is 35.8 Å². The molecule has 0 radical (unpaired) electrons. The summed E-state index contributed by atoms with van der Waals surface area (Å²) < 4.78 is 44.6. The van der Waals surface area contributed by atoms with E-state index >= 15 is 0 Å². The van der Waals surface area contributed by atoms with Crippen LogP contribution in [-0.4, -0.2) is 38.6 Å². The maximum absolute atomic E-state index is 14.5. The molecule has 0 bridgehead atoms. The summed E-state index contributed by atoms with van der Waals surface area (Å²) in [6.07, 6.45) is 3.17. The van der Waals surface area contributed by atoms with Crippen LogP contribution in [0.5, 0.6) is 11.5 Å². The Bertz CT molecular complexity index is 1110. The van der Waals surface area contributed by atoms with Gasteiger partial charge in [-0.2, -0.15) is 8.78 Å². The smallest absolute Gasteiger partial charge is 0.377 e. The third-order valence-corrected chi connectivity index (χ3v) is 6.63. The Balaban J connectivity index is 2.38. The van der Waals surface area contributed by atoms with Crippen LogP contribution in [0.2, 0.25) is 0 Å². The van der Waals surface area contributed by atoms with Crippen molar-refractivity contribution in [2.45, 2.75) is 90.4 Å². The van der Waals surface area contributed by atoms with Crippen molar-refractivity contribution in [1.82, 2.24) is 0 Å². The van der Waals surface area contributed by atoms with Gasteiger partial charge in [0.15, 0.2) is 11.5 Å². The van der Waals surface area contributed by atoms with Crippen LogP contribution in [-0.2, 0) is 26.2 Å². The third kappa shape index (κ3) is 8.94. The predicted molar refractivity (Wildman–Crippen MR) is 150 cm³/mol. The van der Waals surface area contributed by atoms with E-state index in [1.807, 2.05) is 39.0 Å². The maximum atomic E-state index is 14.5. The zero-order valence-electron chi connectivity index (χ0n) is 24.3. The van der Waals surface area contributed by atoms with E-state index in [0.29, 0.717) is 17.2 Å². The first-order valence-corrected chi connectivity index (χ1v) is 13.6. The van der Waals surface area contributed by atoms with E-state index < -0.39 is 18.3 Å². The van der Waals surface area contributed by atoms with Gasteiger partial charge < -0.3 is 19.5 Å². The van der Waals surface area contributed by atoms with E-state index in [4.69, 9.17) is 9.47 Å². The Hall–Kier alpha value is -3.16. The van der Waals surface area contributed by atoms with Gasteiger partial charge in [-0.25, -0.2) is 4.79 Å². The van der Waals surface area contributed by atoms with Crippen LogP contribution in [0, 0.1) is 0 Å². The molecule has 0 heterocycles. The van der Waals surface area contributed by atoms with Crippen LogP contribution in [0.3, 0.4) is 0 Å². The number of alkyl halides is 2. The number of ether oxygens (including phenoxy) is 3. The molecule has 0 saturated carbocycles. The molecule has 2 aromatic rings. The predicted octanol–water partition coefficient (Wildman–Crippen LogP) is 7.43. The number of methoxy groups -OCH3 is 2. The minimum Gasteiger partial charge on any atom is -0.493 e. The number of carbonyl (C=O) groups excluding carboxylic acids is 2. The van der Waals surface area contributed by atoms with Crippen molar-refractivity contribution < 1.29 is 32.6 Å². The first-order valence-electron chi connectivity index (χ1n) is 13.6. The van der Waals surface area contributed by atoms with Gasteiger partial charge in [0.1, 0.15) is 0 Å². The molecule has 2 rings (SSSR count). The van der Waals surface area contributed by atoms with Crippen molar-refractivity contribution in [1.29, 1.82) is 0 Å². The summed E-state index contributed by atoms with van der Waals surface area (Å²) in [5.74, 6) is -4.39. The molecule has 1 amide bonds. The van der Waals surface area contributed by atoms with Gasteiger partial charge in [0.25, 0.3) is 0 Å². The molecule has 1 atom stereocenters. The summed E-state index contributed by atoms with van der Waals surface area (Å²) >= 11 is 0. The summed E-state index contributed by atoms with van der Waals surface area (Å²) in [6.45, 7) is 9.44. The molecular weight excluding hydrogens is 504 g/mol. The van der Waals surface area contributed by atoms with E-state index in [1.54, 1.807) is 26.4 Å². The fourth-order valence-corrected chi connectivity index (χ4v) is 4.69. The minimum absolute atomic E-state index is 0.129. The molecule has 1 unspecified atom stereocenters. The molecule has 0 aliphatic heterocycles. The molecule has 1 N–H and O–H groups in total. The van der Waals surface area contributed by atoms with Crippen molar-refractivity contribution in [2.24, 2.45) is 0 Å². The minimum atomic E-state index is -3.67. The quantitative estimate of drug-likeness (QED) is 0.197. The SMILES string of the molecule is CCCCCC(CC(=O)Nc1cc(CC(F)(F)C(=O)OCC)ccc1C(C)(C)C)c1cccc(OC)c1OC. The van der Waals surface area contributed by atoms with Crippen molar-refractivity contribution in [3.05, 3.63) is 53.1 Å². The van der Waals surface area contributed by atoms with Crippen molar-refractivity contribution in [2.75, 3.05) is 26.1 Å². The number of anilines is 1. The molecule has 0 saturated heterocycles. The van der Waals surface area contributed by atoms with Crippen LogP contribution in [0.1, 0.15) is 89.3 Å². The first-order chi connectivity index (χ1) is 18.4. The Kier molecular flexibility index (Phi) is 11.7. The second-order valence-corrected chi connectivity index (χ2v) is 10.8. The summed E-state index contributed by atoms with van der Waals surface area (Å²) in [5.41, 5.74) is 2.02. The lowest BCUT2D eigenvalue weighted by Gasteiger charge is -2.25. The maximum Gasteiger partial charge on any atom is 0.377 e. The largest absolute Gasteiger partial charge is 0.493 e. The number of esters is 1. The van der Waals surface area contributed by atoms with Crippen LogP contribution in [0.4, 0.5) is 14.5 Å².